The predicted molar refractivity (Wildman–Crippen MR) is 159 cm³/mol. The zero-order valence-electron chi connectivity index (χ0n) is 23.7. The van der Waals surface area contributed by atoms with Gasteiger partial charge in [0.25, 0.3) is 11.8 Å². The Morgan fingerprint density at radius 2 is 1.78 bits per heavy atom. The highest BCUT2D eigenvalue weighted by Gasteiger charge is 2.36. The molecule has 2 aliphatic rings. The predicted octanol–water partition coefficient (Wildman–Crippen LogP) is 2.42. The number of anilines is 3. The second-order valence-corrected chi connectivity index (χ2v) is 11.0. The van der Waals surface area contributed by atoms with Crippen LogP contribution >= 0.6 is 23.2 Å². The summed E-state index contributed by atoms with van der Waals surface area (Å²) in [5.41, 5.74) is 6.25. The first-order valence-corrected chi connectivity index (χ1v) is 14.3. The van der Waals surface area contributed by atoms with Crippen LogP contribution in [0.15, 0.2) is 12.1 Å². The van der Waals surface area contributed by atoms with Crippen molar-refractivity contribution in [2.45, 2.75) is 38.3 Å². The number of urea groups is 1. The van der Waals surface area contributed by atoms with E-state index < -0.39 is 11.9 Å². The summed E-state index contributed by atoms with van der Waals surface area (Å²) >= 11 is 12.4. The van der Waals surface area contributed by atoms with Crippen molar-refractivity contribution >= 4 is 58.5 Å². The van der Waals surface area contributed by atoms with Gasteiger partial charge in [-0.25, -0.2) is 19.7 Å². The minimum absolute atomic E-state index is 0.0477. The van der Waals surface area contributed by atoms with Gasteiger partial charge in [0, 0.05) is 66.0 Å². The summed E-state index contributed by atoms with van der Waals surface area (Å²) < 4.78 is 0. The lowest BCUT2D eigenvalue weighted by Crippen LogP contribution is -2.58. The maximum atomic E-state index is 13.0. The second kappa shape index (κ2) is 13.0. The molecule has 4 amide bonds. The van der Waals surface area contributed by atoms with Crippen molar-refractivity contribution < 1.29 is 14.4 Å². The van der Waals surface area contributed by atoms with Gasteiger partial charge in [-0.05, 0) is 31.4 Å². The van der Waals surface area contributed by atoms with Crippen molar-refractivity contribution in [1.29, 1.82) is 0 Å². The van der Waals surface area contributed by atoms with Crippen LogP contribution in [0, 0.1) is 0 Å². The molecule has 0 bridgehead atoms. The molecule has 4 rings (SSSR count). The number of aromatic nitrogens is 3. The monoisotopic (exact) mass is 606 g/mol. The van der Waals surface area contributed by atoms with E-state index in [2.05, 4.69) is 37.4 Å². The highest BCUT2D eigenvalue weighted by Crippen LogP contribution is 2.31. The Morgan fingerprint density at radius 3 is 2.39 bits per heavy atom. The molecule has 2 saturated heterocycles. The van der Waals surface area contributed by atoms with E-state index in [0.717, 1.165) is 25.8 Å². The Kier molecular flexibility index (Phi) is 9.72. The number of nitrogens with zero attached hydrogens (tertiary/aromatic N) is 7. The van der Waals surface area contributed by atoms with Gasteiger partial charge in [0.1, 0.15) is 11.0 Å². The van der Waals surface area contributed by atoms with Gasteiger partial charge >= 0.3 is 6.03 Å². The van der Waals surface area contributed by atoms with Crippen LogP contribution in [0.2, 0.25) is 10.3 Å². The van der Waals surface area contributed by atoms with Crippen molar-refractivity contribution in [3.05, 3.63) is 33.7 Å². The van der Waals surface area contributed by atoms with Gasteiger partial charge in [-0.1, -0.05) is 30.1 Å². The number of rotatable bonds is 6. The number of hydrogen-bond donors (Lipinski definition) is 3. The summed E-state index contributed by atoms with van der Waals surface area (Å²) in [7, 11) is 4.66. The summed E-state index contributed by atoms with van der Waals surface area (Å²) in [5, 5.41) is 5.51. The maximum absolute atomic E-state index is 13.0. The first kappa shape index (κ1) is 30.5. The molecule has 0 saturated carbocycles. The number of carbonyl (C=O) groups is 3. The Balaban J connectivity index is 1.45. The van der Waals surface area contributed by atoms with Gasteiger partial charge in [-0.2, -0.15) is 0 Å². The van der Waals surface area contributed by atoms with Crippen LogP contribution in [0.4, 0.5) is 22.2 Å². The highest BCUT2D eigenvalue weighted by atomic mass is 35.5. The number of pyridine rings is 1. The van der Waals surface area contributed by atoms with Gasteiger partial charge < -0.3 is 25.8 Å². The summed E-state index contributed by atoms with van der Waals surface area (Å²) in [4.78, 5) is 58.4. The van der Waals surface area contributed by atoms with Gasteiger partial charge in [0.2, 0.25) is 0 Å². The third-order valence-corrected chi connectivity index (χ3v) is 8.02. The molecule has 0 radical (unpaired) electrons. The van der Waals surface area contributed by atoms with E-state index in [-0.39, 0.29) is 39.6 Å². The van der Waals surface area contributed by atoms with E-state index in [1.54, 1.807) is 26.2 Å². The van der Waals surface area contributed by atoms with Crippen molar-refractivity contribution in [2.75, 3.05) is 69.8 Å². The molecule has 41 heavy (non-hydrogen) atoms. The molecule has 222 valence electrons. The number of carbonyl (C=O) groups excluding carboxylic acids is 3. The lowest BCUT2D eigenvalue weighted by molar-refractivity contribution is 0.0491. The molecule has 4 N–H and O–H groups in total. The van der Waals surface area contributed by atoms with E-state index in [4.69, 9.17) is 28.9 Å². The van der Waals surface area contributed by atoms with E-state index in [1.165, 1.54) is 11.9 Å². The molecule has 2 aromatic rings. The molecule has 13 nitrogen and oxygen atoms in total. The molecule has 1 atom stereocenters. The van der Waals surface area contributed by atoms with E-state index in [1.807, 2.05) is 9.80 Å². The Labute approximate surface area is 249 Å². The normalized spacial score (nSPS) is 18.2. The van der Waals surface area contributed by atoms with Crippen LogP contribution in [0.25, 0.3) is 0 Å². The second-order valence-electron chi connectivity index (χ2n) is 10.3. The molecule has 2 fully saturated rings. The number of nitrogens with one attached hydrogen (secondary N) is 2. The van der Waals surface area contributed by atoms with Crippen molar-refractivity contribution in [3.8, 4) is 0 Å². The van der Waals surface area contributed by atoms with Crippen molar-refractivity contribution in [2.24, 2.45) is 0 Å². The number of piperazine rings is 1. The SMILES string of the molecule is CC[C@H]1CN(c2nc(NC(=O)N(C)C)c(C(=O)NC)nc2Cl)CCN1C1CCN(C(=O)c2ccc(Cl)nc2N)CC1. The molecule has 4 heterocycles. The van der Waals surface area contributed by atoms with Crippen LogP contribution in [0.3, 0.4) is 0 Å². The van der Waals surface area contributed by atoms with Crippen LogP contribution < -0.4 is 21.3 Å². The number of nitrogens with two attached hydrogens (primary N) is 1. The Morgan fingerprint density at radius 1 is 1.07 bits per heavy atom. The molecular weight excluding hydrogens is 571 g/mol. The molecule has 15 heteroatoms. The molecule has 0 unspecified atom stereocenters. The fourth-order valence-corrected chi connectivity index (χ4v) is 5.69. The Bertz CT molecular complexity index is 1300. The van der Waals surface area contributed by atoms with Crippen LogP contribution in [-0.2, 0) is 0 Å². The fraction of sp³-hybridized carbons (Fsp3) is 0.538. The molecule has 0 spiro atoms. The number of hydrogen-bond acceptors (Lipinski definition) is 9. The number of halogens is 2. The quantitative estimate of drug-likeness (QED) is 0.421. The summed E-state index contributed by atoms with van der Waals surface area (Å²) in [5.74, 6) is -0.0301. The first-order valence-electron chi connectivity index (χ1n) is 13.5. The summed E-state index contributed by atoms with van der Waals surface area (Å²) in [6.45, 7) is 5.43. The standard InChI is InChI=1S/C26H36Cl2N10O3/c1-5-15-14-37(23-20(28)32-19(24(39)30-2)22(33-23)34-26(41)35(3)4)12-13-38(15)16-8-10-36(11-9-16)25(40)17-6-7-18(27)31-21(17)29/h6-7,15-16H,5,8-14H2,1-4H3,(H2,29,31)(H,30,39)(H,33,34,41)/t15-/m0/s1. The van der Waals surface area contributed by atoms with Gasteiger partial charge in [0.15, 0.2) is 22.5 Å². The largest absolute Gasteiger partial charge is 0.383 e. The zero-order chi connectivity index (χ0) is 29.8. The smallest absolute Gasteiger partial charge is 0.322 e. The lowest BCUT2D eigenvalue weighted by Gasteiger charge is -2.47. The number of amides is 4. The van der Waals surface area contributed by atoms with Crippen LogP contribution in [-0.4, -0.2) is 113 Å². The lowest BCUT2D eigenvalue weighted by atomic mass is 9.97. The van der Waals surface area contributed by atoms with E-state index >= 15 is 0 Å². The van der Waals surface area contributed by atoms with Crippen LogP contribution in [0.1, 0.15) is 47.0 Å². The van der Waals surface area contributed by atoms with Crippen LogP contribution in [0.5, 0.6) is 0 Å². The topological polar surface area (TPSA) is 153 Å². The zero-order valence-corrected chi connectivity index (χ0v) is 25.2. The Hall–Kier alpha value is -3.42. The molecular formula is C26H36Cl2N10O3. The average molecular weight is 608 g/mol. The highest BCUT2D eigenvalue weighted by molar-refractivity contribution is 6.32. The minimum atomic E-state index is -0.504. The number of nitrogen functional groups attached to an aromatic ring is 1. The molecule has 2 aliphatic heterocycles. The van der Waals surface area contributed by atoms with E-state index in [0.29, 0.717) is 43.6 Å². The number of likely N-dealkylation sites (tertiary alicyclic amines) is 1. The molecule has 0 aromatic carbocycles. The summed E-state index contributed by atoms with van der Waals surface area (Å²) in [6, 6.07) is 3.29. The molecule has 2 aromatic heterocycles. The first-order chi connectivity index (χ1) is 19.5. The van der Waals surface area contributed by atoms with Gasteiger partial charge in [0.05, 0.1) is 5.56 Å². The number of piperidine rings is 1. The van der Waals surface area contributed by atoms with Gasteiger partial charge in [-0.3, -0.25) is 19.8 Å². The van der Waals surface area contributed by atoms with Crippen molar-refractivity contribution in [3.63, 3.8) is 0 Å². The van der Waals surface area contributed by atoms with Crippen molar-refractivity contribution in [1.82, 2.24) is 35.0 Å². The van der Waals surface area contributed by atoms with Gasteiger partial charge in [-0.15, -0.1) is 0 Å². The maximum Gasteiger partial charge on any atom is 0.322 e. The minimum Gasteiger partial charge on any atom is -0.383 e. The third-order valence-electron chi connectivity index (χ3n) is 7.55. The molecule has 0 aliphatic carbocycles. The summed E-state index contributed by atoms with van der Waals surface area (Å²) in [6.07, 6.45) is 2.57. The fourth-order valence-electron chi connectivity index (χ4n) is 5.29. The third kappa shape index (κ3) is 6.74. The average Bonchev–Trinajstić information content (AvgIpc) is 2.96. The van der Waals surface area contributed by atoms with E-state index in [9.17, 15) is 14.4 Å².